The van der Waals surface area contributed by atoms with E-state index in [1.165, 1.54) is 11.1 Å². The van der Waals surface area contributed by atoms with E-state index in [0.717, 1.165) is 6.42 Å². The van der Waals surface area contributed by atoms with Crippen LogP contribution in [-0.4, -0.2) is 35.5 Å². The highest BCUT2D eigenvalue weighted by molar-refractivity contribution is 5.81. The smallest absolute Gasteiger partial charge is 0.306 e. The van der Waals surface area contributed by atoms with Gasteiger partial charge in [0, 0.05) is 20.0 Å². The number of hydrogen-bond acceptors (Lipinski definition) is 2. The van der Waals surface area contributed by atoms with Crippen molar-refractivity contribution in [3.05, 3.63) is 35.4 Å². The maximum atomic E-state index is 11.8. The normalized spacial score (nSPS) is 11.9. The van der Waals surface area contributed by atoms with Gasteiger partial charge < -0.3 is 10.0 Å². The summed E-state index contributed by atoms with van der Waals surface area (Å²) in [5.41, 5.74) is 2.39. The summed E-state index contributed by atoms with van der Waals surface area (Å²) < 4.78 is 0. The number of likely N-dealkylation sites (N-methyl/N-ethyl adjacent to an activating group) is 1. The van der Waals surface area contributed by atoms with E-state index >= 15 is 0 Å². The Morgan fingerprint density at radius 2 is 1.84 bits per heavy atom. The number of hydrogen-bond donors (Lipinski definition) is 1. The summed E-state index contributed by atoms with van der Waals surface area (Å²) in [7, 11) is 1.71. The molecule has 1 atom stereocenters. The van der Waals surface area contributed by atoms with Crippen molar-refractivity contribution in [3.8, 4) is 0 Å². The molecule has 1 N–H and O–H groups in total. The van der Waals surface area contributed by atoms with E-state index in [1.54, 1.807) is 18.9 Å². The van der Waals surface area contributed by atoms with Crippen molar-refractivity contribution in [3.63, 3.8) is 0 Å². The Morgan fingerprint density at radius 1 is 1.26 bits per heavy atom. The molecule has 1 aromatic rings. The lowest BCUT2D eigenvalue weighted by molar-refractivity contribution is -0.144. The zero-order valence-electron chi connectivity index (χ0n) is 11.7. The topological polar surface area (TPSA) is 57.6 Å². The second-order valence-electron chi connectivity index (χ2n) is 4.99. The summed E-state index contributed by atoms with van der Waals surface area (Å²) in [6.07, 6.45) is 0.837. The van der Waals surface area contributed by atoms with Crippen molar-refractivity contribution in [2.75, 3.05) is 13.6 Å². The minimum absolute atomic E-state index is 0.0553. The van der Waals surface area contributed by atoms with Gasteiger partial charge in [-0.25, -0.2) is 0 Å². The summed E-state index contributed by atoms with van der Waals surface area (Å²) >= 11 is 0. The molecule has 1 rings (SSSR count). The van der Waals surface area contributed by atoms with Gasteiger partial charge in [-0.1, -0.05) is 36.8 Å². The molecule has 0 aliphatic carbocycles. The first kappa shape index (κ1) is 15.2. The Kier molecular flexibility index (Phi) is 5.55. The third kappa shape index (κ3) is 5.12. The Morgan fingerprint density at radius 3 is 2.37 bits per heavy atom. The van der Waals surface area contributed by atoms with Gasteiger partial charge >= 0.3 is 5.97 Å². The van der Waals surface area contributed by atoms with E-state index in [0.29, 0.717) is 6.54 Å². The lowest BCUT2D eigenvalue weighted by Crippen LogP contribution is -2.31. The molecule has 104 valence electrons. The molecule has 0 saturated carbocycles. The van der Waals surface area contributed by atoms with E-state index in [1.807, 2.05) is 31.2 Å². The highest BCUT2D eigenvalue weighted by Crippen LogP contribution is 2.07. The van der Waals surface area contributed by atoms with Crippen LogP contribution < -0.4 is 0 Å². The number of aryl methyl sites for hydroxylation is 1. The quantitative estimate of drug-likeness (QED) is 0.855. The first-order valence-electron chi connectivity index (χ1n) is 6.42. The highest BCUT2D eigenvalue weighted by Gasteiger charge is 2.18. The molecule has 1 unspecified atom stereocenters. The zero-order valence-corrected chi connectivity index (χ0v) is 11.7. The second kappa shape index (κ2) is 6.92. The molecule has 0 radical (unpaired) electrons. The molecular weight excluding hydrogens is 242 g/mol. The minimum atomic E-state index is -0.930. The molecule has 0 aromatic heterocycles. The van der Waals surface area contributed by atoms with Gasteiger partial charge in [-0.2, -0.15) is 0 Å². The third-order valence-corrected chi connectivity index (χ3v) is 3.18. The number of aliphatic carboxylic acids is 1. The molecule has 0 fully saturated rings. The third-order valence-electron chi connectivity index (χ3n) is 3.18. The van der Waals surface area contributed by atoms with Crippen LogP contribution in [0.4, 0.5) is 0 Å². The zero-order chi connectivity index (χ0) is 14.4. The standard InChI is InChI=1S/C15H21NO3/c1-11-4-6-13(7-5-11)8-9-16(3)14(17)10-12(2)15(18)19/h4-7,12H,8-10H2,1-3H3,(H,18,19). The van der Waals surface area contributed by atoms with Crippen molar-refractivity contribution < 1.29 is 14.7 Å². The van der Waals surface area contributed by atoms with E-state index in [2.05, 4.69) is 0 Å². The highest BCUT2D eigenvalue weighted by atomic mass is 16.4. The SMILES string of the molecule is Cc1ccc(CCN(C)C(=O)CC(C)C(=O)O)cc1. The monoisotopic (exact) mass is 263 g/mol. The number of carboxylic acids is 1. The van der Waals surface area contributed by atoms with Gasteiger partial charge in [0.25, 0.3) is 0 Å². The van der Waals surface area contributed by atoms with Crippen LogP contribution in [0.25, 0.3) is 0 Å². The summed E-state index contributed by atoms with van der Waals surface area (Å²) in [5, 5.41) is 8.78. The summed E-state index contributed by atoms with van der Waals surface area (Å²) in [5.74, 6) is -1.68. The maximum Gasteiger partial charge on any atom is 0.306 e. The predicted octanol–water partition coefficient (Wildman–Crippen LogP) is 2.11. The molecule has 1 amide bonds. The van der Waals surface area contributed by atoms with Gasteiger partial charge in [0.1, 0.15) is 0 Å². The number of carbonyl (C=O) groups excluding carboxylic acids is 1. The summed E-state index contributed by atoms with van der Waals surface area (Å²) in [6.45, 7) is 4.19. The molecule has 0 bridgehead atoms. The number of benzene rings is 1. The Balaban J connectivity index is 2.42. The van der Waals surface area contributed by atoms with Crippen molar-refractivity contribution in [2.24, 2.45) is 5.92 Å². The molecule has 0 aliphatic heterocycles. The fourth-order valence-electron chi connectivity index (χ4n) is 1.68. The van der Waals surface area contributed by atoms with Crippen molar-refractivity contribution >= 4 is 11.9 Å². The largest absolute Gasteiger partial charge is 0.481 e. The fourth-order valence-corrected chi connectivity index (χ4v) is 1.68. The van der Waals surface area contributed by atoms with Crippen LogP contribution in [-0.2, 0) is 16.0 Å². The van der Waals surface area contributed by atoms with Crippen LogP contribution in [0, 0.1) is 12.8 Å². The fraction of sp³-hybridized carbons (Fsp3) is 0.467. The Labute approximate surface area is 114 Å². The second-order valence-corrected chi connectivity index (χ2v) is 4.99. The van der Waals surface area contributed by atoms with Crippen molar-refractivity contribution in [2.45, 2.75) is 26.7 Å². The molecule has 0 heterocycles. The first-order valence-corrected chi connectivity index (χ1v) is 6.42. The van der Waals surface area contributed by atoms with Crippen molar-refractivity contribution in [1.29, 1.82) is 0 Å². The number of carbonyl (C=O) groups is 2. The molecule has 0 saturated heterocycles. The van der Waals surface area contributed by atoms with Gasteiger partial charge in [0.15, 0.2) is 0 Å². The number of carboxylic acid groups (broad SMARTS) is 1. The average Bonchev–Trinajstić information content (AvgIpc) is 2.37. The summed E-state index contributed by atoms with van der Waals surface area (Å²) in [4.78, 5) is 24.1. The molecule has 0 aliphatic rings. The van der Waals surface area contributed by atoms with E-state index in [-0.39, 0.29) is 12.3 Å². The lowest BCUT2D eigenvalue weighted by Gasteiger charge is -2.18. The molecule has 1 aromatic carbocycles. The van der Waals surface area contributed by atoms with Gasteiger partial charge in [0.05, 0.1) is 5.92 Å². The van der Waals surface area contributed by atoms with Crippen LogP contribution in [0.15, 0.2) is 24.3 Å². The molecule has 0 spiro atoms. The van der Waals surface area contributed by atoms with Gasteiger partial charge in [-0.15, -0.1) is 0 Å². The van der Waals surface area contributed by atoms with Crippen LogP contribution in [0.1, 0.15) is 24.5 Å². The van der Waals surface area contributed by atoms with Gasteiger partial charge in [-0.05, 0) is 18.9 Å². The number of rotatable bonds is 6. The molecular formula is C15H21NO3. The van der Waals surface area contributed by atoms with Crippen LogP contribution >= 0.6 is 0 Å². The number of nitrogens with zero attached hydrogens (tertiary/aromatic N) is 1. The first-order chi connectivity index (χ1) is 8.90. The van der Waals surface area contributed by atoms with Crippen LogP contribution in [0.3, 0.4) is 0 Å². The predicted molar refractivity (Wildman–Crippen MR) is 73.9 cm³/mol. The maximum absolute atomic E-state index is 11.8. The lowest BCUT2D eigenvalue weighted by atomic mass is 10.1. The van der Waals surface area contributed by atoms with E-state index in [4.69, 9.17) is 5.11 Å². The summed E-state index contributed by atoms with van der Waals surface area (Å²) in [6, 6.07) is 8.19. The van der Waals surface area contributed by atoms with Gasteiger partial charge in [-0.3, -0.25) is 9.59 Å². The molecule has 4 heteroatoms. The minimum Gasteiger partial charge on any atom is -0.481 e. The number of amides is 1. The average molecular weight is 263 g/mol. The molecule has 4 nitrogen and oxygen atoms in total. The van der Waals surface area contributed by atoms with Crippen molar-refractivity contribution in [1.82, 2.24) is 4.90 Å². The Hall–Kier alpha value is -1.84. The Bertz CT molecular complexity index is 439. The van der Waals surface area contributed by atoms with E-state index in [9.17, 15) is 9.59 Å². The molecule has 19 heavy (non-hydrogen) atoms. The van der Waals surface area contributed by atoms with Crippen LogP contribution in [0.5, 0.6) is 0 Å². The van der Waals surface area contributed by atoms with Gasteiger partial charge in [0.2, 0.25) is 5.91 Å². The van der Waals surface area contributed by atoms with E-state index < -0.39 is 11.9 Å². The van der Waals surface area contributed by atoms with Crippen LogP contribution in [0.2, 0.25) is 0 Å².